The fourth-order valence-corrected chi connectivity index (χ4v) is 3.37. The molecule has 0 spiro atoms. The summed E-state index contributed by atoms with van der Waals surface area (Å²) in [5, 5.41) is 9.13. The van der Waals surface area contributed by atoms with Gasteiger partial charge in [-0.25, -0.2) is 0 Å². The van der Waals surface area contributed by atoms with Crippen molar-refractivity contribution in [2.75, 3.05) is 13.1 Å². The van der Waals surface area contributed by atoms with E-state index in [9.17, 15) is 18.0 Å². The Kier molecular flexibility index (Phi) is 4.85. The van der Waals surface area contributed by atoms with Crippen molar-refractivity contribution in [1.82, 2.24) is 4.90 Å². The topological polar surface area (TPSA) is 53.7 Å². The molecule has 3 rings (SSSR count). The van der Waals surface area contributed by atoms with Crippen LogP contribution in [-0.4, -0.2) is 29.1 Å². The fourth-order valence-electron chi connectivity index (χ4n) is 3.37. The van der Waals surface area contributed by atoms with E-state index in [0.29, 0.717) is 31.7 Å². The summed E-state index contributed by atoms with van der Waals surface area (Å²) in [7, 11) is 0. The Morgan fingerprint density at radius 1 is 1.16 bits per heavy atom. The Bertz CT molecular complexity index is 719. The Morgan fingerprint density at radius 3 is 2.40 bits per heavy atom. The summed E-state index contributed by atoms with van der Waals surface area (Å²) in [6.07, 6.45) is -2.23. The zero-order chi connectivity index (χ0) is 18.0. The lowest BCUT2D eigenvalue weighted by molar-refractivity contribution is -0.143. The number of carboxylic acids is 1. The molecule has 0 radical (unpaired) electrons. The number of furan rings is 1. The van der Waals surface area contributed by atoms with Gasteiger partial charge in [-0.05, 0) is 49.7 Å². The molecule has 0 amide bonds. The molecule has 134 valence electrons. The minimum Gasteiger partial charge on any atom is -0.481 e. The monoisotopic (exact) mass is 353 g/mol. The first-order chi connectivity index (χ1) is 11.9. The van der Waals surface area contributed by atoms with E-state index in [1.165, 1.54) is 18.4 Å². The third-order valence-electron chi connectivity index (χ3n) is 4.62. The third kappa shape index (κ3) is 3.71. The van der Waals surface area contributed by atoms with Gasteiger partial charge in [0.15, 0.2) is 0 Å². The largest absolute Gasteiger partial charge is 0.481 e. The molecule has 1 aliphatic rings. The predicted molar refractivity (Wildman–Crippen MR) is 83.9 cm³/mol. The van der Waals surface area contributed by atoms with E-state index in [4.69, 9.17) is 9.52 Å². The van der Waals surface area contributed by atoms with Crippen LogP contribution < -0.4 is 0 Å². The standard InChI is InChI=1S/C18H18F3NO3/c19-18(20,21)14-5-2-1-4-13(14)16(15-6-3-11-25-15)22-9-7-12(8-10-22)17(23)24/h1-6,11-12,16H,7-10H2,(H,23,24). The van der Waals surface area contributed by atoms with Gasteiger partial charge >= 0.3 is 12.1 Å². The zero-order valence-electron chi connectivity index (χ0n) is 13.4. The number of nitrogens with zero attached hydrogens (tertiary/aromatic N) is 1. The highest BCUT2D eigenvalue weighted by molar-refractivity contribution is 5.70. The summed E-state index contributed by atoms with van der Waals surface area (Å²) in [6.45, 7) is 0.795. The van der Waals surface area contributed by atoms with Crippen molar-refractivity contribution in [3.8, 4) is 0 Å². The molecule has 1 saturated heterocycles. The van der Waals surface area contributed by atoms with Crippen LogP contribution in [0, 0.1) is 5.92 Å². The molecule has 1 atom stereocenters. The van der Waals surface area contributed by atoms with Gasteiger partial charge < -0.3 is 9.52 Å². The number of benzene rings is 1. The highest BCUT2D eigenvalue weighted by Gasteiger charge is 2.39. The van der Waals surface area contributed by atoms with E-state index in [-0.39, 0.29) is 5.56 Å². The minimum atomic E-state index is -4.47. The van der Waals surface area contributed by atoms with E-state index in [1.807, 2.05) is 4.90 Å². The number of hydrogen-bond acceptors (Lipinski definition) is 3. The molecule has 1 N–H and O–H groups in total. The quantitative estimate of drug-likeness (QED) is 0.896. The lowest BCUT2D eigenvalue weighted by atomic mass is 9.91. The van der Waals surface area contributed by atoms with Crippen LogP contribution in [0.4, 0.5) is 13.2 Å². The Morgan fingerprint density at radius 2 is 1.84 bits per heavy atom. The number of likely N-dealkylation sites (tertiary alicyclic amines) is 1. The van der Waals surface area contributed by atoms with Crippen LogP contribution in [0.3, 0.4) is 0 Å². The Balaban J connectivity index is 1.97. The average molecular weight is 353 g/mol. The van der Waals surface area contributed by atoms with Crippen molar-refractivity contribution >= 4 is 5.97 Å². The number of halogens is 3. The molecule has 0 bridgehead atoms. The fraction of sp³-hybridized carbons (Fsp3) is 0.389. The van der Waals surface area contributed by atoms with Gasteiger partial charge in [0.25, 0.3) is 0 Å². The Hall–Kier alpha value is -2.28. The SMILES string of the molecule is O=C(O)C1CCN(C(c2ccco2)c2ccccc2C(F)(F)F)CC1. The number of hydrogen-bond donors (Lipinski definition) is 1. The molecular formula is C18H18F3NO3. The number of aliphatic carboxylic acids is 1. The summed E-state index contributed by atoms with van der Waals surface area (Å²) < 4.78 is 45.8. The average Bonchev–Trinajstić information content (AvgIpc) is 3.09. The number of carbonyl (C=O) groups is 1. The molecule has 1 aromatic heterocycles. The van der Waals surface area contributed by atoms with Crippen molar-refractivity contribution < 1.29 is 27.5 Å². The van der Waals surface area contributed by atoms with Crippen molar-refractivity contribution in [3.63, 3.8) is 0 Å². The highest BCUT2D eigenvalue weighted by Crippen LogP contribution is 2.40. The van der Waals surface area contributed by atoms with Gasteiger partial charge in [-0.15, -0.1) is 0 Å². The molecule has 2 heterocycles. The van der Waals surface area contributed by atoms with Gasteiger partial charge in [0.2, 0.25) is 0 Å². The van der Waals surface area contributed by atoms with Crippen LogP contribution in [0.2, 0.25) is 0 Å². The first-order valence-electron chi connectivity index (χ1n) is 8.04. The van der Waals surface area contributed by atoms with E-state index in [1.54, 1.807) is 18.2 Å². The van der Waals surface area contributed by atoms with Gasteiger partial charge in [-0.3, -0.25) is 9.69 Å². The normalized spacial score (nSPS) is 18.2. The van der Waals surface area contributed by atoms with Crippen molar-refractivity contribution in [2.24, 2.45) is 5.92 Å². The maximum absolute atomic E-state index is 13.5. The van der Waals surface area contributed by atoms with E-state index >= 15 is 0 Å². The number of carboxylic acid groups (broad SMARTS) is 1. The molecule has 2 aromatic rings. The summed E-state index contributed by atoms with van der Waals surface area (Å²) in [6, 6.07) is 8.06. The molecule has 1 aliphatic heterocycles. The van der Waals surface area contributed by atoms with Crippen molar-refractivity contribution in [3.05, 3.63) is 59.5 Å². The molecular weight excluding hydrogens is 335 g/mol. The van der Waals surface area contributed by atoms with Gasteiger partial charge in [0.05, 0.1) is 23.8 Å². The molecule has 0 aliphatic carbocycles. The third-order valence-corrected chi connectivity index (χ3v) is 4.62. The molecule has 4 nitrogen and oxygen atoms in total. The Labute approximate surface area is 142 Å². The van der Waals surface area contributed by atoms with Crippen LogP contribution in [0.1, 0.15) is 35.8 Å². The number of piperidine rings is 1. The van der Waals surface area contributed by atoms with Crippen LogP contribution >= 0.6 is 0 Å². The minimum absolute atomic E-state index is 0.124. The molecule has 1 aromatic carbocycles. The van der Waals surface area contributed by atoms with Crippen molar-refractivity contribution in [2.45, 2.75) is 25.1 Å². The maximum Gasteiger partial charge on any atom is 0.416 e. The van der Waals surface area contributed by atoms with Gasteiger partial charge in [0, 0.05) is 0 Å². The molecule has 1 fully saturated rings. The summed E-state index contributed by atoms with van der Waals surface area (Å²) in [5.74, 6) is -0.887. The van der Waals surface area contributed by atoms with Crippen LogP contribution in [-0.2, 0) is 11.0 Å². The van der Waals surface area contributed by atoms with E-state index in [0.717, 1.165) is 6.07 Å². The zero-order valence-corrected chi connectivity index (χ0v) is 13.4. The predicted octanol–water partition coefficient (Wildman–Crippen LogP) is 4.18. The summed E-state index contributed by atoms with van der Waals surface area (Å²) in [5.41, 5.74) is -0.574. The number of rotatable bonds is 4. The first-order valence-corrected chi connectivity index (χ1v) is 8.04. The summed E-state index contributed by atoms with van der Waals surface area (Å²) in [4.78, 5) is 13.0. The maximum atomic E-state index is 13.5. The highest BCUT2D eigenvalue weighted by atomic mass is 19.4. The number of alkyl halides is 3. The second-order valence-corrected chi connectivity index (χ2v) is 6.15. The van der Waals surface area contributed by atoms with E-state index in [2.05, 4.69) is 0 Å². The van der Waals surface area contributed by atoms with Crippen LogP contribution in [0.15, 0.2) is 47.1 Å². The van der Waals surface area contributed by atoms with Crippen LogP contribution in [0.25, 0.3) is 0 Å². The molecule has 1 unspecified atom stereocenters. The molecule has 0 saturated carbocycles. The van der Waals surface area contributed by atoms with E-state index < -0.39 is 29.7 Å². The molecule has 25 heavy (non-hydrogen) atoms. The second kappa shape index (κ2) is 6.92. The van der Waals surface area contributed by atoms with Crippen molar-refractivity contribution in [1.29, 1.82) is 0 Å². The van der Waals surface area contributed by atoms with Gasteiger partial charge in [0.1, 0.15) is 5.76 Å². The molecule has 7 heteroatoms. The second-order valence-electron chi connectivity index (χ2n) is 6.15. The lowest BCUT2D eigenvalue weighted by Crippen LogP contribution is -2.39. The van der Waals surface area contributed by atoms with Gasteiger partial charge in [-0.1, -0.05) is 18.2 Å². The van der Waals surface area contributed by atoms with Crippen LogP contribution in [0.5, 0.6) is 0 Å². The lowest BCUT2D eigenvalue weighted by Gasteiger charge is -2.36. The smallest absolute Gasteiger partial charge is 0.416 e. The van der Waals surface area contributed by atoms with Gasteiger partial charge in [-0.2, -0.15) is 13.2 Å². The summed E-state index contributed by atoms with van der Waals surface area (Å²) >= 11 is 0. The first kappa shape index (κ1) is 17.5.